The highest BCUT2D eigenvalue weighted by atomic mass is 32.2. The van der Waals surface area contributed by atoms with Gasteiger partial charge in [0, 0.05) is 10.9 Å². The summed E-state index contributed by atoms with van der Waals surface area (Å²) in [4.78, 5) is 15.3. The highest BCUT2D eigenvalue weighted by molar-refractivity contribution is 7.92. The molecule has 0 spiro atoms. The van der Waals surface area contributed by atoms with Gasteiger partial charge in [0.05, 0.1) is 18.4 Å². The number of nitrogens with zero attached hydrogens (tertiary/aromatic N) is 1. The molecule has 7 nitrogen and oxygen atoms in total. The normalized spacial score (nSPS) is 11.2. The number of carboxylic acid groups (broad SMARTS) is 1. The minimum atomic E-state index is -3.95. The van der Waals surface area contributed by atoms with E-state index in [0.717, 1.165) is 11.1 Å². The molecule has 0 saturated heterocycles. The van der Waals surface area contributed by atoms with Crippen LogP contribution in [0.4, 0.5) is 5.69 Å². The smallest absolute Gasteiger partial charge is 0.335 e. The molecule has 0 atom stereocenters. The average Bonchev–Trinajstić information content (AvgIpc) is 3.13. The maximum atomic E-state index is 12.6. The van der Waals surface area contributed by atoms with E-state index in [1.165, 1.54) is 42.0 Å². The fraction of sp³-hybridized carbons (Fsp3) is 0.111. The van der Waals surface area contributed by atoms with Gasteiger partial charge >= 0.3 is 5.97 Å². The molecule has 140 valence electrons. The van der Waals surface area contributed by atoms with Gasteiger partial charge in [0.25, 0.3) is 10.0 Å². The fourth-order valence-electron chi connectivity index (χ4n) is 2.32. The van der Waals surface area contributed by atoms with Crippen molar-refractivity contribution in [2.24, 2.45) is 0 Å². The van der Waals surface area contributed by atoms with Gasteiger partial charge in [-0.05, 0) is 25.1 Å². The summed E-state index contributed by atoms with van der Waals surface area (Å²) in [5, 5.41) is 11.0. The number of anilines is 1. The van der Waals surface area contributed by atoms with E-state index in [1.54, 1.807) is 0 Å². The van der Waals surface area contributed by atoms with E-state index >= 15 is 0 Å². The lowest BCUT2D eigenvalue weighted by Gasteiger charge is -2.11. The Morgan fingerprint density at radius 2 is 1.89 bits per heavy atom. The van der Waals surface area contributed by atoms with Crippen LogP contribution in [0.5, 0.6) is 5.75 Å². The number of aromatic nitrogens is 1. The zero-order chi connectivity index (χ0) is 19.6. The number of ether oxygens (including phenoxy) is 1. The second-order valence-corrected chi connectivity index (χ2v) is 8.17. The van der Waals surface area contributed by atoms with E-state index in [4.69, 9.17) is 9.84 Å². The fourth-order valence-corrected chi connectivity index (χ4v) is 4.49. The number of aromatic carboxylic acids is 1. The summed E-state index contributed by atoms with van der Waals surface area (Å²) in [5.41, 5.74) is 2.05. The summed E-state index contributed by atoms with van der Waals surface area (Å²) in [6.45, 7) is 1.97. The summed E-state index contributed by atoms with van der Waals surface area (Å²) >= 11 is 1.22. The predicted octanol–water partition coefficient (Wildman–Crippen LogP) is 3.63. The van der Waals surface area contributed by atoms with E-state index in [1.807, 2.05) is 31.2 Å². The van der Waals surface area contributed by atoms with E-state index in [2.05, 4.69) is 9.71 Å². The summed E-state index contributed by atoms with van der Waals surface area (Å²) in [6, 6.07) is 11.5. The Balaban J connectivity index is 1.89. The lowest BCUT2D eigenvalue weighted by atomic mass is 10.2. The first kappa shape index (κ1) is 18.9. The molecule has 0 amide bonds. The first-order chi connectivity index (χ1) is 12.8. The number of benzene rings is 2. The number of aryl methyl sites for hydroxylation is 1. The van der Waals surface area contributed by atoms with Crippen LogP contribution in [0.3, 0.4) is 0 Å². The summed E-state index contributed by atoms with van der Waals surface area (Å²) in [6.07, 6.45) is 0. The van der Waals surface area contributed by atoms with Crippen molar-refractivity contribution in [1.29, 1.82) is 0 Å². The number of rotatable bonds is 6. The van der Waals surface area contributed by atoms with Crippen molar-refractivity contribution in [1.82, 2.24) is 4.98 Å². The lowest BCUT2D eigenvalue weighted by Crippen LogP contribution is -2.14. The van der Waals surface area contributed by atoms with Crippen LogP contribution in [-0.2, 0) is 10.0 Å². The van der Waals surface area contributed by atoms with Gasteiger partial charge in [-0.25, -0.2) is 9.78 Å². The third-order valence-electron chi connectivity index (χ3n) is 3.75. The average molecular weight is 404 g/mol. The molecule has 0 aliphatic heterocycles. The lowest BCUT2D eigenvalue weighted by molar-refractivity contribution is 0.0696. The van der Waals surface area contributed by atoms with Gasteiger partial charge in [0.15, 0.2) is 5.03 Å². The summed E-state index contributed by atoms with van der Waals surface area (Å²) in [7, 11) is -2.62. The van der Waals surface area contributed by atoms with Crippen LogP contribution in [0.1, 0.15) is 15.9 Å². The first-order valence-electron chi connectivity index (χ1n) is 7.77. The molecule has 1 heterocycles. The molecule has 0 fully saturated rings. The van der Waals surface area contributed by atoms with Gasteiger partial charge in [0.2, 0.25) is 0 Å². The van der Waals surface area contributed by atoms with E-state index in [9.17, 15) is 13.2 Å². The molecule has 0 saturated carbocycles. The Kier molecular flexibility index (Phi) is 5.15. The van der Waals surface area contributed by atoms with Gasteiger partial charge in [-0.3, -0.25) is 4.72 Å². The number of methoxy groups -OCH3 is 1. The topological polar surface area (TPSA) is 106 Å². The van der Waals surface area contributed by atoms with E-state index in [-0.39, 0.29) is 22.0 Å². The van der Waals surface area contributed by atoms with Crippen LogP contribution < -0.4 is 9.46 Å². The molecule has 9 heteroatoms. The number of carboxylic acids is 1. The maximum absolute atomic E-state index is 12.6. The van der Waals surface area contributed by atoms with Crippen molar-refractivity contribution in [2.75, 3.05) is 11.8 Å². The second-order valence-electron chi connectivity index (χ2n) is 5.68. The zero-order valence-corrected chi connectivity index (χ0v) is 16.1. The third-order valence-corrected chi connectivity index (χ3v) is 6.04. The molecule has 2 N–H and O–H groups in total. The molecule has 3 aromatic rings. The van der Waals surface area contributed by atoms with Crippen molar-refractivity contribution in [3.63, 3.8) is 0 Å². The number of hydrogen-bond acceptors (Lipinski definition) is 6. The van der Waals surface area contributed by atoms with Crippen LogP contribution in [0, 0.1) is 6.92 Å². The SMILES string of the molecule is COc1cc(C(=O)O)ccc1NS(=O)(=O)c1csc(-c2ccc(C)cc2)n1. The number of carbonyl (C=O) groups is 1. The number of hydrogen-bond donors (Lipinski definition) is 2. The van der Waals surface area contributed by atoms with E-state index in [0.29, 0.717) is 5.01 Å². The molecule has 0 bridgehead atoms. The number of thiazole rings is 1. The molecular formula is C18H16N2O5S2. The Labute approximate surface area is 160 Å². The Morgan fingerprint density at radius 3 is 2.52 bits per heavy atom. The van der Waals surface area contributed by atoms with Crippen LogP contribution in [-0.4, -0.2) is 31.6 Å². The largest absolute Gasteiger partial charge is 0.495 e. The van der Waals surface area contributed by atoms with Gasteiger partial charge in [0.1, 0.15) is 10.8 Å². The van der Waals surface area contributed by atoms with Gasteiger partial charge in [-0.15, -0.1) is 11.3 Å². The molecule has 3 rings (SSSR count). The molecule has 0 unspecified atom stereocenters. The van der Waals surface area contributed by atoms with Crippen molar-refractivity contribution < 1.29 is 23.1 Å². The van der Waals surface area contributed by atoms with E-state index < -0.39 is 16.0 Å². The second kappa shape index (κ2) is 7.37. The molecule has 1 aromatic heterocycles. The van der Waals surface area contributed by atoms with Crippen LogP contribution >= 0.6 is 11.3 Å². The molecule has 27 heavy (non-hydrogen) atoms. The quantitative estimate of drug-likeness (QED) is 0.650. The Hall–Kier alpha value is -2.91. The minimum Gasteiger partial charge on any atom is -0.495 e. The van der Waals surface area contributed by atoms with Gasteiger partial charge in [-0.1, -0.05) is 29.8 Å². The first-order valence-corrected chi connectivity index (χ1v) is 10.1. The van der Waals surface area contributed by atoms with Crippen LogP contribution in [0.25, 0.3) is 10.6 Å². The highest BCUT2D eigenvalue weighted by Gasteiger charge is 2.21. The standard InChI is InChI=1S/C18H16N2O5S2/c1-11-3-5-12(6-4-11)17-19-16(10-26-17)27(23,24)20-14-8-7-13(18(21)22)9-15(14)25-2/h3-10,20H,1-2H3,(H,21,22). The number of nitrogens with one attached hydrogen (secondary N) is 1. The summed E-state index contributed by atoms with van der Waals surface area (Å²) in [5.74, 6) is -1.03. The van der Waals surface area contributed by atoms with Crippen molar-refractivity contribution in [3.8, 4) is 16.3 Å². The van der Waals surface area contributed by atoms with Gasteiger partial charge < -0.3 is 9.84 Å². The Bertz CT molecular complexity index is 1090. The van der Waals surface area contributed by atoms with Crippen molar-refractivity contribution in [3.05, 3.63) is 59.0 Å². The molecule has 0 aliphatic carbocycles. The van der Waals surface area contributed by atoms with Crippen LogP contribution in [0.15, 0.2) is 52.9 Å². The van der Waals surface area contributed by atoms with Crippen molar-refractivity contribution >= 4 is 33.0 Å². The monoisotopic (exact) mass is 404 g/mol. The minimum absolute atomic E-state index is 0.00915. The van der Waals surface area contributed by atoms with Crippen LogP contribution in [0.2, 0.25) is 0 Å². The van der Waals surface area contributed by atoms with Gasteiger partial charge in [-0.2, -0.15) is 8.42 Å². The summed E-state index contributed by atoms with van der Waals surface area (Å²) < 4.78 is 32.8. The maximum Gasteiger partial charge on any atom is 0.335 e. The predicted molar refractivity (Wildman–Crippen MR) is 103 cm³/mol. The number of sulfonamides is 1. The molecule has 0 radical (unpaired) electrons. The third kappa shape index (κ3) is 4.09. The highest BCUT2D eigenvalue weighted by Crippen LogP contribution is 2.30. The van der Waals surface area contributed by atoms with Crippen molar-refractivity contribution in [2.45, 2.75) is 11.9 Å². The molecular weight excluding hydrogens is 388 g/mol. The molecule has 2 aromatic carbocycles. The zero-order valence-electron chi connectivity index (χ0n) is 14.5. The Morgan fingerprint density at radius 1 is 1.19 bits per heavy atom. The molecule has 0 aliphatic rings.